The van der Waals surface area contributed by atoms with Crippen LogP contribution in [0.5, 0.6) is 0 Å². The number of aliphatic carboxylic acids is 1. The van der Waals surface area contributed by atoms with Gasteiger partial charge in [-0.1, -0.05) is 12.8 Å². The molecule has 1 aliphatic carbocycles. The summed E-state index contributed by atoms with van der Waals surface area (Å²) in [5.74, 6) is 1.49. The van der Waals surface area contributed by atoms with E-state index >= 15 is 0 Å². The van der Waals surface area contributed by atoms with Crippen LogP contribution in [0.2, 0.25) is 0 Å². The Morgan fingerprint density at radius 1 is 1.10 bits per heavy atom. The molecule has 112 valence electrons. The molecule has 0 aromatic heterocycles. The molecule has 2 saturated heterocycles. The molecule has 3 aliphatic rings. The van der Waals surface area contributed by atoms with E-state index in [4.69, 9.17) is 0 Å². The lowest BCUT2D eigenvalue weighted by atomic mass is 9.85. The molecule has 2 aliphatic heterocycles. The van der Waals surface area contributed by atoms with Gasteiger partial charge in [0.25, 0.3) is 0 Å². The van der Waals surface area contributed by atoms with Gasteiger partial charge in [-0.05, 0) is 25.2 Å². The average molecular weight is 298 g/mol. The molecule has 1 saturated carbocycles. The van der Waals surface area contributed by atoms with Crippen LogP contribution in [0.1, 0.15) is 32.1 Å². The van der Waals surface area contributed by atoms with Crippen molar-refractivity contribution in [2.24, 2.45) is 5.92 Å². The van der Waals surface area contributed by atoms with Crippen molar-refractivity contribution in [3.8, 4) is 0 Å². The van der Waals surface area contributed by atoms with Crippen molar-refractivity contribution in [3.05, 3.63) is 0 Å². The molecule has 0 aromatic rings. The SMILES string of the molecule is O=C(O)C1CC2CCCCC2N1C(=O)N1CCSCC1. The summed E-state index contributed by atoms with van der Waals surface area (Å²) in [6, 6.07) is -0.482. The Morgan fingerprint density at radius 2 is 1.80 bits per heavy atom. The van der Waals surface area contributed by atoms with Gasteiger partial charge in [0.2, 0.25) is 0 Å². The quantitative estimate of drug-likeness (QED) is 0.803. The Bertz CT molecular complexity index is 398. The summed E-state index contributed by atoms with van der Waals surface area (Å²) >= 11 is 1.86. The van der Waals surface area contributed by atoms with Crippen molar-refractivity contribution in [3.63, 3.8) is 0 Å². The molecule has 3 atom stereocenters. The normalized spacial score (nSPS) is 33.9. The van der Waals surface area contributed by atoms with Crippen molar-refractivity contribution in [1.82, 2.24) is 9.80 Å². The van der Waals surface area contributed by atoms with Crippen LogP contribution >= 0.6 is 11.8 Å². The van der Waals surface area contributed by atoms with Crippen LogP contribution in [0.3, 0.4) is 0 Å². The lowest BCUT2D eigenvalue weighted by Gasteiger charge is -2.37. The van der Waals surface area contributed by atoms with Gasteiger partial charge in [0, 0.05) is 30.6 Å². The van der Waals surface area contributed by atoms with E-state index in [-0.39, 0.29) is 12.1 Å². The highest BCUT2D eigenvalue weighted by Gasteiger charge is 2.48. The van der Waals surface area contributed by atoms with Gasteiger partial charge in [-0.15, -0.1) is 0 Å². The van der Waals surface area contributed by atoms with Crippen LogP contribution in [0.15, 0.2) is 0 Å². The summed E-state index contributed by atoms with van der Waals surface area (Å²) in [5.41, 5.74) is 0. The fourth-order valence-electron chi connectivity index (χ4n) is 3.87. The molecule has 0 radical (unpaired) electrons. The van der Waals surface area contributed by atoms with Crippen LogP contribution in [0, 0.1) is 5.92 Å². The molecule has 0 aromatic carbocycles. The summed E-state index contributed by atoms with van der Waals surface area (Å²) in [4.78, 5) is 27.8. The summed E-state index contributed by atoms with van der Waals surface area (Å²) < 4.78 is 0. The highest BCUT2D eigenvalue weighted by atomic mass is 32.2. The van der Waals surface area contributed by atoms with Crippen LogP contribution in [0.25, 0.3) is 0 Å². The van der Waals surface area contributed by atoms with Gasteiger partial charge in [-0.25, -0.2) is 9.59 Å². The van der Waals surface area contributed by atoms with Crippen LogP contribution in [-0.2, 0) is 4.79 Å². The van der Waals surface area contributed by atoms with Gasteiger partial charge in [-0.3, -0.25) is 0 Å². The third kappa shape index (κ3) is 2.50. The Balaban J connectivity index is 1.79. The van der Waals surface area contributed by atoms with E-state index in [0.717, 1.165) is 43.9 Å². The smallest absolute Gasteiger partial charge is 0.326 e. The lowest BCUT2D eigenvalue weighted by Crippen LogP contribution is -2.53. The second-order valence-electron chi connectivity index (χ2n) is 5.99. The number of urea groups is 1. The minimum atomic E-state index is -0.834. The highest BCUT2D eigenvalue weighted by molar-refractivity contribution is 7.99. The minimum Gasteiger partial charge on any atom is -0.480 e. The molecule has 6 heteroatoms. The molecule has 5 nitrogen and oxygen atoms in total. The lowest BCUT2D eigenvalue weighted by molar-refractivity contribution is -0.141. The fourth-order valence-corrected chi connectivity index (χ4v) is 4.78. The molecule has 0 bridgehead atoms. The van der Waals surface area contributed by atoms with Crippen molar-refractivity contribution in [2.45, 2.75) is 44.2 Å². The number of carbonyl (C=O) groups is 2. The highest BCUT2D eigenvalue weighted by Crippen LogP contribution is 2.40. The van der Waals surface area contributed by atoms with Gasteiger partial charge in [0.15, 0.2) is 0 Å². The number of hydrogen-bond donors (Lipinski definition) is 1. The third-order valence-electron chi connectivity index (χ3n) is 4.88. The Kier molecular flexibility index (Phi) is 4.10. The molecule has 1 N–H and O–H groups in total. The summed E-state index contributed by atoms with van der Waals surface area (Å²) in [5, 5.41) is 9.46. The number of carbonyl (C=O) groups excluding carboxylic acids is 1. The number of amides is 2. The first-order valence-corrected chi connectivity index (χ1v) is 8.71. The first-order valence-electron chi connectivity index (χ1n) is 7.56. The Morgan fingerprint density at radius 3 is 2.50 bits per heavy atom. The zero-order chi connectivity index (χ0) is 14.1. The second-order valence-corrected chi connectivity index (χ2v) is 7.22. The van der Waals surface area contributed by atoms with Gasteiger partial charge in [-0.2, -0.15) is 11.8 Å². The zero-order valence-corrected chi connectivity index (χ0v) is 12.5. The molecule has 3 fully saturated rings. The number of carboxylic acids is 1. The molecule has 3 rings (SSSR count). The summed E-state index contributed by atoms with van der Waals surface area (Å²) in [6.07, 6.45) is 4.99. The number of nitrogens with zero attached hydrogens (tertiary/aromatic N) is 2. The van der Waals surface area contributed by atoms with Crippen molar-refractivity contribution >= 4 is 23.8 Å². The number of carboxylic acid groups (broad SMARTS) is 1. The van der Waals surface area contributed by atoms with E-state index in [1.165, 1.54) is 6.42 Å². The maximum Gasteiger partial charge on any atom is 0.326 e. The van der Waals surface area contributed by atoms with Crippen molar-refractivity contribution in [1.29, 1.82) is 0 Å². The molecule has 2 heterocycles. The van der Waals surface area contributed by atoms with E-state index < -0.39 is 12.0 Å². The van der Waals surface area contributed by atoms with E-state index in [1.54, 1.807) is 4.90 Å². The molecule has 20 heavy (non-hydrogen) atoms. The van der Waals surface area contributed by atoms with Gasteiger partial charge >= 0.3 is 12.0 Å². The number of fused-ring (bicyclic) bond motifs is 1. The van der Waals surface area contributed by atoms with E-state index in [2.05, 4.69) is 0 Å². The number of hydrogen-bond acceptors (Lipinski definition) is 3. The van der Waals surface area contributed by atoms with E-state index in [1.807, 2.05) is 16.7 Å². The maximum atomic E-state index is 12.7. The van der Waals surface area contributed by atoms with Crippen LogP contribution < -0.4 is 0 Å². The average Bonchev–Trinajstić information content (AvgIpc) is 2.87. The topological polar surface area (TPSA) is 60.9 Å². The molecule has 2 amide bonds. The fraction of sp³-hybridized carbons (Fsp3) is 0.857. The summed E-state index contributed by atoms with van der Waals surface area (Å²) in [6.45, 7) is 1.51. The molecular formula is C14H22N2O3S. The second kappa shape index (κ2) is 5.84. The van der Waals surface area contributed by atoms with Crippen molar-refractivity contribution in [2.75, 3.05) is 24.6 Å². The first-order chi connectivity index (χ1) is 9.68. The van der Waals surface area contributed by atoms with Gasteiger partial charge in [0.05, 0.1) is 0 Å². The third-order valence-corrected chi connectivity index (χ3v) is 5.82. The zero-order valence-electron chi connectivity index (χ0n) is 11.7. The van der Waals surface area contributed by atoms with Crippen LogP contribution in [0.4, 0.5) is 4.79 Å². The monoisotopic (exact) mass is 298 g/mol. The largest absolute Gasteiger partial charge is 0.480 e. The van der Waals surface area contributed by atoms with Gasteiger partial charge < -0.3 is 14.9 Å². The number of rotatable bonds is 1. The van der Waals surface area contributed by atoms with E-state index in [9.17, 15) is 14.7 Å². The molecular weight excluding hydrogens is 276 g/mol. The first kappa shape index (κ1) is 14.0. The maximum absolute atomic E-state index is 12.7. The van der Waals surface area contributed by atoms with Gasteiger partial charge in [0.1, 0.15) is 6.04 Å². The Hall–Kier alpha value is -0.910. The molecule has 3 unspecified atom stereocenters. The van der Waals surface area contributed by atoms with E-state index in [0.29, 0.717) is 12.3 Å². The standard InChI is InChI=1S/C14H22N2O3S/c17-13(18)12-9-10-3-1-2-4-11(10)16(12)14(19)15-5-7-20-8-6-15/h10-12H,1-9H2,(H,17,18). The number of likely N-dealkylation sites (tertiary alicyclic amines) is 1. The summed E-state index contributed by atoms with van der Waals surface area (Å²) in [7, 11) is 0. The predicted octanol–water partition coefficient (Wildman–Crippen LogP) is 1.87. The molecule has 0 spiro atoms. The minimum absolute atomic E-state index is 0.0351. The Labute approximate surface area is 123 Å². The van der Waals surface area contributed by atoms with Crippen molar-refractivity contribution < 1.29 is 14.7 Å². The van der Waals surface area contributed by atoms with Crippen LogP contribution in [-0.4, -0.2) is 63.6 Å². The number of thioether (sulfide) groups is 1. The predicted molar refractivity (Wildman–Crippen MR) is 77.9 cm³/mol.